The van der Waals surface area contributed by atoms with Gasteiger partial charge in [0.2, 0.25) is 5.91 Å². The summed E-state index contributed by atoms with van der Waals surface area (Å²) < 4.78 is 0. The predicted molar refractivity (Wildman–Crippen MR) is 62.7 cm³/mol. The quantitative estimate of drug-likeness (QED) is 0.704. The van der Waals surface area contributed by atoms with Crippen molar-refractivity contribution < 1.29 is 4.79 Å². The Hall–Kier alpha value is -1.08. The van der Waals surface area contributed by atoms with Gasteiger partial charge >= 0.3 is 0 Å². The summed E-state index contributed by atoms with van der Waals surface area (Å²) in [5, 5.41) is 8.83. The monoisotopic (exact) mass is 223 g/mol. The van der Waals surface area contributed by atoms with E-state index < -0.39 is 0 Å². The normalized spacial score (nSPS) is 28.0. The molecule has 4 nitrogen and oxygen atoms in total. The Labute approximate surface area is 97.8 Å². The summed E-state index contributed by atoms with van der Waals surface area (Å²) in [5.74, 6) is 0.541. The first-order valence-corrected chi connectivity index (χ1v) is 5.85. The fraction of sp³-hybridized carbons (Fsp3) is 0.833. The van der Waals surface area contributed by atoms with Crippen LogP contribution in [0.2, 0.25) is 0 Å². The van der Waals surface area contributed by atoms with Crippen molar-refractivity contribution >= 4 is 5.91 Å². The molecule has 0 radical (unpaired) electrons. The van der Waals surface area contributed by atoms with Gasteiger partial charge in [0, 0.05) is 26.2 Å². The Morgan fingerprint density at radius 3 is 2.62 bits per heavy atom. The van der Waals surface area contributed by atoms with Crippen molar-refractivity contribution in [1.29, 1.82) is 5.26 Å². The molecule has 1 fully saturated rings. The van der Waals surface area contributed by atoms with Crippen LogP contribution in [-0.4, -0.2) is 47.9 Å². The highest BCUT2D eigenvalue weighted by Gasteiger charge is 2.34. The van der Waals surface area contributed by atoms with Crippen LogP contribution in [0.5, 0.6) is 0 Å². The van der Waals surface area contributed by atoms with E-state index in [-0.39, 0.29) is 18.4 Å². The molecule has 0 aromatic carbocycles. The molecule has 4 heteroatoms. The van der Waals surface area contributed by atoms with Crippen LogP contribution in [0, 0.1) is 17.2 Å². The van der Waals surface area contributed by atoms with Gasteiger partial charge in [-0.15, -0.1) is 0 Å². The van der Waals surface area contributed by atoms with Crippen molar-refractivity contribution in [2.45, 2.75) is 39.3 Å². The zero-order chi connectivity index (χ0) is 12.3. The minimum Gasteiger partial charge on any atom is -0.344 e. The summed E-state index contributed by atoms with van der Waals surface area (Å²) in [6, 6.07) is 2.16. The highest BCUT2D eigenvalue weighted by Crippen LogP contribution is 2.19. The lowest BCUT2D eigenvalue weighted by atomic mass is 10.1. The second-order valence-corrected chi connectivity index (χ2v) is 4.99. The van der Waals surface area contributed by atoms with Gasteiger partial charge in [-0.3, -0.25) is 9.69 Å². The number of amides is 1. The molecule has 1 aliphatic rings. The second kappa shape index (κ2) is 5.31. The van der Waals surface area contributed by atoms with Crippen LogP contribution in [0.3, 0.4) is 0 Å². The number of nitrogens with zero attached hydrogens (tertiary/aromatic N) is 3. The van der Waals surface area contributed by atoms with E-state index in [9.17, 15) is 4.79 Å². The van der Waals surface area contributed by atoms with E-state index in [0.717, 1.165) is 13.1 Å². The number of rotatable bonds is 2. The van der Waals surface area contributed by atoms with E-state index in [1.54, 1.807) is 4.90 Å². The van der Waals surface area contributed by atoms with Gasteiger partial charge < -0.3 is 4.90 Å². The smallest absolute Gasteiger partial charge is 0.240 e. The van der Waals surface area contributed by atoms with Crippen LogP contribution in [-0.2, 0) is 4.79 Å². The molecule has 0 spiro atoms. The van der Waals surface area contributed by atoms with Gasteiger partial charge in [-0.25, -0.2) is 0 Å². The number of carbonyl (C=O) groups is 1. The highest BCUT2D eigenvalue weighted by molar-refractivity contribution is 5.82. The molecule has 0 aromatic rings. The number of hydrogen-bond acceptors (Lipinski definition) is 3. The Kier molecular flexibility index (Phi) is 4.31. The Morgan fingerprint density at radius 2 is 2.12 bits per heavy atom. The summed E-state index contributed by atoms with van der Waals surface area (Å²) in [5.41, 5.74) is 0. The van der Waals surface area contributed by atoms with Crippen LogP contribution in [0.15, 0.2) is 0 Å². The lowest BCUT2D eigenvalue weighted by Gasteiger charge is -2.31. The van der Waals surface area contributed by atoms with Crippen molar-refractivity contribution in [3.05, 3.63) is 0 Å². The van der Waals surface area contributed by atoms with Gasteiger partial charge in [0.15, 0.2) is 0 Å². The van der Waals surface area contributed by atoms with Crippen molar-refractivity contribution in [3.8, 4) is 6.07 Å². The lowest BCUT2D eigenvalue weighted by Crippen LogP contribution is -2.47. The Morgan fingerprint density at radius 1 is 1.50 bits per heavy atom. The third-order valence-corrected chi connectivity index (χ3v) is 3.12. The van der Waals surface area contributed by atoms with E-state index in [4.69, 9.17) is 5.26 Å². The second-order valence-electron chi connectivity index (χ2n) is 4.99. The number of likely N-dealkylation sites (N-methyl/N-ethyl adjacent to an activating group) is 1. The first-order chi connectivity index (χ1) is 7.47. The van der Waals surface area contributed by atoms with Crippen molar-refractivity contribution in [1.82, 2.24) is 9.80 Å². The molecule has 16 heavy (non-hydrogen) atoms. The minimum atomic E-state index is -0.264. The molecule has 0 N–H and O–H groups in total. The van der Waals surface area contributed by atoms with E-state index in [1.807, 2.05) is 7.05 Å². The molecular formula is C12H21N3O. The number of nitriles is 1. The lowest BCUT2D eigenvalue weighted by molar-refractivity contribution is -0.134. The molecule has 2 atom stereocenters. The molecule has 90 valence electrons. The standard InChI is InChI=1S/C12H21N3O/c1-9(2)15-8-10(3)7-14(4)12(16)11(15)5-6-13/h9-11H,5,7-8H2,1-4H3. The van der Waals surface area contributed by atoms with Gasteiger partial charge in [-0.1, -0.05) is 6.92 Å². The fourth-order valence-corrected chi connectivity index (χ4v) is 2.36. The summed E-state index contributed by atoms with van der Waals surface area (Å²) in [6.45, 7) is 7.98. The molecule has 1 heterocycles. The van der Waals surface area contributed by atoms with E-state index in [0.29, 0.717) is 12.0 Å². The zero-order valence-electron chi connectivity index (χ0n) is 10.6. The molecule has 0 aliphatic carbocycles. The number of carbonyl (C=O) groups excluding carboxylic acids is 1. The van der Waals surface area contributed by atoms with Crippen molar-refractivity contribution in [2.75, 3.05) is 20.1 Å². The molecule has 1 amide bonds. The zero-order valence-corrected chi connectivity index (χ0v) is 10.6. The molecular weight excluding hydrogens is 202 g/mol. The first-order valence-electron chi connectivity index (χ1n) is 5.85. The summed E-state index contributed by atoms with van der Waals surface area (Å²) in [7, 11) is 1.83. The topological polar surface area (TPSA) is 47.3 Å². The molecule has 0 aromatic heterocycles. The average molecular weight is 223 g/mol. The van der Waals surface area contributed by atoms with Gasteiger partial charge in [0.1, 0.15) is 6.04 Å². The van der Waals surface area contributed by atoms with Gasteiger partial charge in [0.05, 0.1) is 12.5 Å². The van der Waals surface area contributed by atoms with E-state index in [2.05, 4.69) is 31.7 Å². The average Bonchev–Trinajstić information content (AvgIpc) is 2.30. The third-order valence-electron chi connectivity index (χ3n) is 3.12. The molecule has 0 bridgehead atoms. The summed E-state index contributed by atoms with van der Waals surface area (Å²) in [6.07, 6.45) is 0.286. The predicted octanol–water partition coefficient (Wildman–Crippen LogP) is 1.09. The third kappa shape index (κ3) is 2.73. The van der Waals surface area contributed by atoms with Gasteiger partial charge in [0.25, 0.3) is 0 Å². The first kappa shape index (κ1) is 13.0. The maximum atomic E-state index is 12.1. The molecule has 1 rings (SSSR count). The Balaban J connectivity index is 2.94. The van der Waals surface area contributed by atoms with Gasteiger partial charge in [-0.2, -0.15) is 5.26 Å². The van der Waals surface area contributed by atoms with Crippen LogP contribution in [0.4, 0.5) is 0 Å². The number of hydrogen-bond donors (Lipinski definition) is 0. The SMILES string of the molecule is CC1CN(C)C(=O)C(CC#N)N(C(C)C)C1. The van der Waals surface area contributed by atoms with Crippen LogP contribution in [0.1, 0.15) is 27.2 Å². The minimum absolute atomic E-state index is 0.0830. The molecule has 2 unspecified atom stereocenters. The molecule has 0 saturated carbocycles. The van der Waals surface area contributed by atoms with Crippen LogP contribution >= 0.6 is 0 Å². The maximum Gasteiger partial charge on any atom is 0.240 e. The van der Waals surface area contributed by atoms with Crippen molar-refractivity contribution in [2.24, 2.45) is 5.92 Å². The van der Waals surface area contributed by atoms with Crippen LogP contribution < -0.4 is 0 Å². The van der Waals surface area contributed by atoms with Gasteiger partial charge in [-0.05, 0) is 19.8 Å². The largest absolute Gasteiger partial charge is 0.344 e. The highest BCUT2D eigenvalue weighted by atomic mass is 16.2. The maximum absolute atomic E-state index is 12.1. The summed E-state index contributed by atoms with van der Waals surface area (Å²) >= 11 is 0. The fourth-order valence-electron chi connectivity index (χ4n) is 2.36. The Bertz CT molecular complexity index is 295. The van der Waals surface area contributed by atoms with E-state index in [1.165, 1.54) is 0 Å². The van der Waals surface area contributed by atoms with Crippen LogP contribution in [0.25, 0.3) is 0 Å². The van der Waals surface area contributed by atoms with E-state index >= 15 is 0 Å². The summed E-state index contributed by atoms with van der Waals surface area (Å²) in [4.78, 5) is 16.0. The molecule has 1 saturated heterocycles. The van der Waals surface area contributed by atoms with Crippen molar-refractivity contribution in [3.63, 3.8) is 0 Å². The molecule has 1 aliphatic heterocycles.